The number of anilines is 2. The summed E-state index contributed by atoms with van der Waals surface area (Å²) in [6.07, 6.45) is 0. The maximum absolute atomic E-state index is 12.6. The Balaban J connectivity index is 1.32. The molecule has 0 atom stereocenters. The summed E-state index contributed by atoms with van der Waals surface area (Å²) < 4.78 is 1.69. The van der Waals surface area contributed by atoms with Gasteiger partial charge < -0.3 is 10.2 Å². The third-order valence-electron chi connectivity index (χ3n) is 5.48. The van der Waals surface area contributed by atoms with E-state index in [1.54, 1.807) is 4.68 Å². The average molecular weight is 424 g/mol. The number of amides is 1. The zero-order valence-electron chi connectivity index (χ0n) is 17.3. The summed E-state index contributed by atoms with van der Waals surface area (Å²) in [5.41, 5.74) is 4.33. The van der Waals surface area contributed by atoms with Crippen LogP contribution in [-0.2, 0) is 11.8 Å². The molecular formula is C23H26ClN5O. The summed E-state index contributed by atoms with van der Waals surface area (Å²) in [5.74, 6) is 0.661. The molecule has 1 fully saturated rings. The largest absolute Gasteiger partial charge is 0.369 e. The molecule has 0 unspecified atom stereocenters. The first kappa shape index (κ1) is 20.4. The minimum absolute atomic E-state index is 0.0232. The van der Waals surface area contributed by atoms with Gasteiger partial charge in [-0.15, -0.1) is 0 Å². The summed E-state index contributed by atoms with van der Waals surface area (Å²) in [4.78, 5) is 17.2. The van der Waals surface area contributed by atoms with Crippen LogP contribution in [0.5, 0.6) is 0 Å². The molecule has 0 saturated carbocycles. The predicted molar refractivity (Wildman–Crippen MR) is 122 cm³/mol. The van der Waals surface area contributed by atoms with Crippen molar-refractivity contribution in [2.24, 2.45) is 7.05 Å². The molecule has 2 heterocycles. The number of aryl methyl sites for hydroxylation is 2. The summed E-state index contributed by atoms with van der Waals surface area (Å²) in [5, 5.41) is 8.18. The van der Waals surface area contributed by atoms with Crippen LogP contribution in [0.1, 0.15) is 5.56 Å². The smallest absolute Gasteiger partial charge is 0.239 e. The molecule has 156 valence electrons. The molecule has 0 spiro atoms. The molecule has 30 heavy (non-hydrogen) atoms. The number of aromatic nitrogens is 2. The van der Waals surface area contributed by atoms with Crippen LogP contribution in [0.2, 0.25) is 5.02 Å². The van der Waals surface area contributed by atoms with Gasteiger partial charge in [0.2, 0.25) is 5.91 Å². The molecule has 1 aliphatic heterocycles. The van der Waals surface area contributed by atoms with Crippen molar-refractivity contribution in [1.82, 2.24) is 14.7 Å². The topological polar surface area (TPSA) is 53.4 Å². The second kappa shape index (κ2) is 8.90. The van der Waals surface area contributed by atoms with Crippen molar-refractivity contribution < 1.29 is 4.79 Å². The Kier molecular flexibility index (Phi) is 6.06. The standard InChI is InChI=1S/C23H26ClN5O/c1-17-5-3-4-6-21(17)29-13-11-28(12-14-29)16-23(30)25-22-15-20(26-27(22)2)18-7-9-19(24)10-8-18/h3-10,15H,11-14,16H2,1-2H3,(H,25,30). The second-order valence-corrected chi connectivity index (χ2v) is 8.08. The van der Waals surface area contributed by atoms with Crippen molar-refractivity contribution >= 4 is 29.0 Å². The third-order valence-corrected chi connectivity index (χ3v) is 5.73. The zero-order chi connectivity index (χ0) is 21.1. The number of nitrogens with zero attached hydrogens (tertiary/aromatic N) is 4. The van der Waals surface area contributed by atoms with Gasteiger partial charge >= 0.3 is 0 Å². The number of carbonyl (C=O) groups excluding carboxylic acids is 1. The van der Waals surface area contributed by atoms with Crippen LogP contribution in [0.4, 0.5) is 11.5 Å². The summed E-state index contributed by atoms with van der Waals surface area (Å²) in [6.45, 7) is 6.09. The lowest BCUT2D eigenvalue weighted by atomic mass is 10.1. The highest BCUT2D eigenvalue weighted by Crippen LogP contribution is 2.23. The van der Waals surface area contributed by atoms with Gasteiger partial charge in [-0.1, -0.05) is 41.9 Å². The fourth-order valence-electron chi connectivity index (χ4n) is 3.80. The maximum atomic E-state index is 12.6. The van der Waals surface area contributed by atoms with E-state index >= 15 is 0 Å². The van der Waals surface area contributed by atoms with E-state index in [1.807, 2.05) is 37.4 Å². The normalized spacial score (nSPS) is 14.7. The number of rotatable bonds is 5. The Hall–Kier alpha value is -2.83. The van der Waals surface area contributed by atoms with Crippen LogP contribution in [0.15, 0.2) is 54.6 Å². The third kappa shape index (κ3) is 4.66. The van der Waals surface area contributed by atoms with Crippen LogP contribution < -0.4 is 10.2 Å². The first-order valence-corrected chi connectivity index (χ1v) is 10.5. The Labute approximate surface area is 182 Å². The highest BCUT2D eigenvalue weighted by atomic mass is 35.5. The first-order valence-electron chi connectivity index (χ1n) is 10.1. The summed E-state index contributed by atoms with van der Waals surface area (Å²) in [6, 6.07) is 17.8. The van der Waals surface area contributed by atoms with E-state index < -0.39 is 0 Å². The van der Waals surface area contributed by atoms with Crippen LogP contribution in [0, 0.1) is 6.92 Å². The number of benzene rings is 2. The number of hydrogen-bond acceptors (Lipinski definition) is 4. The van der Waals surface area contributed by atoms with E-state index in [0.29, 0.717) is 17.4 Å². The number of hydrogen-bond donors (Lipinski definition) is 1. The highest BCUT2D eigenvalue weighted by Gasteiger charge is 2.20. The molecule has 0 aliphatic carbocycles. The first-order chi connectivity index (χ1) is 14.5. The maximum Gasteiger partial charge on any atom is 0.239 e. The molecule has 1 saturated heterocycles. The van der Waals surface area contributed by atoms with E-state index in [9.17, 15) is 4.79 Å². The molecule has 3 aromatic rings. The number of carbonyl (C=O) groups is 1. The fraction of sp³-hybridized carbons (Fsp3) is 0.304. The van der Waals surface area contributed by atoms with Crippen molar-refractivity contribution in [1.29, 1.82) is 0 Å². The molecule has 4 rings (SSSR count). The lowest BCUT2D eigenvalue weighted by Gasteiger charge is -2.36. The molecule has 1 aromatic heterocycles. The van der Waals surface area contributed by atoms with Gasteiger partial charge in [0.1, 0.15) is 5.82 Å². The lowest BCUT2D eigenvalue weighted by Crippen LogP contribution is -2.48. The summed E-state index contributed by atoms with van der Waals surface area (Å²) in [7, 11) is 1.83. The molecule has 7 heteroatoms. The fourth-order valence-corrected chi connectivity index (χ4v) is 3.92. The van der Waals surface area contributed by atoms with Crippen LogP contribution in [0.25, 0.3) is 11.3 Å². The van der Waals surface area contributed by atoms with Crippen molar-refractivity contribution in [2.45, 2.75) is 6.92 Å². The van der Waals surface area contributed by atoms with Gasteiger partial charge in [-0.3, -0.25) is 14.4 Å². The molecule has 2 aromatic carbocycles. The Morgan fingerprint density at radius 2 is 1.77 bits per heavy atom. The number of piperazine rings is 1. The Morgan fingerprint density at radius 1 is 1.07 bits per heavy atom. The van der Waals surface area contributed by atoms with Gasteiger partial charge in [0, 0.05) is 55.6 Å². The van der Waals surface area contributed by atoms with Crippen LogP contribution in [0.3, 0.4) is 0 Å². The quantitative estimate of drug-likeness (QED) is 0.678. The minimum Gasteiger partial charge on any atom is -0.369 e. The number of para-hydroxylation sites is 1. The van der Waals surface area contributed by atoms with Gasteiger partial charge in [0.15, 0.2) is 0 Å². The molecule has 6 nitrogen and oxygen atoms in total. The molecule has 1 N–H and O–H groups in total. The number of halogens is 1. The van der Waals surface area contributed by atoms with E-state index in [0.717, 1.165) is 37.4 Å². The molecule has 1 aliphatic rings. The summed E-state index contributed by atoms with van der Waals surface area (Å²) >= 11 is 5.96. The molecule has 0 radical (unpaired) electrons. The SMILES string of the molecule is Cc1ccccc1N1CCN(CC(=O)Nc2cc(-c3ccc(Cl)cc3)nn2C)CC1. The van der Waals surface area contributed by atoms with Crippen molar-refractivity contribution in [2.75, 3.05) is 42.9 Å². The second-order valence-electron chi connectivity index (χ2n) is 7.64. The van der Waals surface area contributed by atoms with E-state index in [-0.39, 0.29) is 5.91 Å². The van der Waals surface area contributed by atoms with E-state index in [2.05, 4.69) is 51.4 Å². The average Bonchev–Trinajstić information content (AvgIpc) is 3.10. The van der Waals surface area contributed by atoms with Crippen molar-refractivity contribution in [3.05, 3.63) is 65.2 Å². The van der Waals surface area contributed by atoms with Gasteiger partial charge in [-0.05, 0) is 30.7 Å². The molecule has 1 amide bonds. The van der Waals surface area contributed by atoms with Crippen LogP contribution in [-0.4, -0.2) is 53.3 Å². The van der Waals surface area contributed by atoms with Gasteiger partial charge in [0.05, 0.1) is 12.2 Å². The van der Waals surface area contributed by atoms with E-state index in [1.165, 1.54) is 11.3 Å². The number of nitrogens with one attached hydrogen (secondary N) is 1. The highest BCUT2D eigenvalue weighted by molar-refractivity contribution is 6.30. The minimum atomic E-state index is -0.0232. The zero-order valence-corrected chi connectivity index (χ0v) is 18.1. The van der Waals surface area contributed by atoms with Gasteiger partial charge in [-0.25, -0.2) is 0 Å². The molecule has 0 bridgehead atoms. The van der Waals surface area contributed by atoms with Gasteiger partial charge in [0.25, 0.3) is 0 Å². The molecular weight excluding hydrogens is 398 g/mol. The van der Waals surface area contributed by atoms with Crippen molar-refractivity contribution in [3.63, 3.8) is 0 Å². The Morgan fingerprint density at radius 3 is 2.47 bits per heavy atom. The van der Waals surface area contributed by atoms with Crippen molar-refractivity contribution in [3.8, 4) is 11.3 Å². The van der Waals surface area contributed by atoms with Gasteiger partial charge in [-0.2, -0.15) is 5.10 Å². The Bertz CT molecular complexity index is 1020. The van der Waals surface area contributed by atoms with Crippen LogP contribution >= 0.6 is 11.6 Å². The predicted octanol–water partition coefficient (Wildman–Crippen LogP) is 3.81. The lowest BCUT2D eigenvalue weighted by molar-refractivity contribution is -0.117. The monoisotopic (exact) mass is 423 g/mol. The van der Waals surface area contributed by atoms with E-state index in [4.69, 9.17) is 11.6 Å².